The molecule has 9 heteroatoms. The second-order valence-electron chi connectivity index (χ2n) is 6.73. The number of ether oxygens (including phenoxy) is 1. The van der Waals surface area contributed by atoms with Crippen LogP contribution in [0.3, 0.4) is 0 Å². The Morgan fingerprint density at radius 1 is 1.10 bits per heavy atom. The first-order chi connectivity index (χ1) is 14.9. The zero-order valence-corrected chi connectivity index (χ0v) is 17.3. The van der Waals surface area contributed by atoms with Gasteiger partial charge in [0.1, 0.15) is 9.71 Å². The number of amides is 2. The maximum Gasteiger partial charge on any atom is 0.348 e. The lowest BCUT2D eigenvalue weighted by Gasteiger charge is -2.06. The zero-order chi connectivity index (χ0) is 22.0. The number of nitrogens with zero attached hydrogens (tertiary/aromatic N) is 2. The van der Waals surface area contributed by atoms with Crippen LogP contribution >= 0.6 is 11.3 Å². The molecule has 0 atom stereocenters. The van der Waals surface area contributed by atoms with Crippen molar-refractivity contribution in [3.8, 4) is 5.69 Å². The Balaban J connectivity index is 1.43. The van der Waals surface area contributed by atoms with Crippen molar-refractivity contribution in [2.45, 2.75) is 6.92 Å². The highest BCUT2D eigenvalue weighted by molar-refractivity contribution is 7.20. The summed E-state index contributed by atoms with van der Waals surface area (Å²) >= 11 is 1.26. The molecular formula is C22H18N4O4S. The molecule has 3 N–H and O–H groups in total. The molecular weight excluding hydrogens is 416 g/mol. The Morgan fingerprint density at radius 2 is 1.81 bits per heavy atom. The standard InChI is InChI=1S/C22H18N4O4S/c1-13-17-11-18(31-21(17)26(25-13)16-5-3-2-4-6-16)22(29)30-12-19(27)24-15-9-7-14(8-10-15)20(23)28/h2-11H,12H2,1H3,(H2,23,28)(H,24,27). The van der Waals surface area contributed by atoms with E-state index in [0.717, 1.165) is 21.6 Å². The number of thiophene rings is 1. The fourth-order valence-corrected chi connectivity index (χ4v) is 4.09. The molecule has 0 bridgehead atoms. The van der Waals surface area contributed by atoms with E-state index < -0.39 is 24.4 Å². The second-order valence-corrected chi connectivity index (χ2v) is 7.76. The molecule has 156 valence electrons. The van der Waals surface area contributed by atoms with Crippen molar-refractivity contribution in [1.82, 2.24) is 9.78 Å². The molecule has 2 heterocycles. The smallest absolute Gasteiger partial charge is 0.348 e. The van der Waals surface area contributed by atoms with E-state index >= 15 is 0 Å². The predicted octanol–water partition coefficient (Wildman–Crippen LogP) is 3.29. The van der Waals surface area contributed by atoms with E-state index in [9.17, 15) is 14.4 Å². The molecule has 0 aliphatic carbocycles. The summed E-state index contributed by atoms with van der Waals surface area (Å²) in [5, 5.41) is 8.00. The lowest BCUT2D eigenvalue weighted by atomic mass is 10.2. The highest BCUT2D eigenvalue weighted by Crippen LogP contribution is 2.30. The van der Waals surface area contributed by atoms with Gasteiger partial charge >= 0.3 is 5.97 Å². The quantitative estimate of drug-likeness (QED) is 0.452. The molecule has 0 spiro atoms. The van der Waals surface area contributed by atoms with Crippen molar-refractivity contribution < 1.29 is 19.1 Å². The van der Waals surface area contributed by atoms with Crippen LogP contribution in [0.1, 0.15) is 25.7 Å². The molecule has 0 aliphatic heterocycles. The molecule has 31 heavy (non-hydrogen) atoms. The minimum atomic E-state index is -0.584. The fraction of sp³-hybridized carbons (Fsp3) is 0.0909. The number of aryl methyl sites for hydroxylation is 1. The Hall–Kier alpha value is -3.98. The van der Waals surface area contributed by atoms with Gasteiger partial charge in [0.15, 0.2) is 6.61 Å². The number of para-hydroxylation sites is 1. The number of carbonyl (C=O) groups is 3. The number of aromatic nitrogens is 2. The summed E-state index contributed by atoms with van der Waals surface area (Å²) in [5.74, 6) is -1.63. The van der Waals surface area contributed by atoms with E-state index in [1.54, 1.807) is 22.9 Å². The van der Waals surface area contributed by atoms with Gasteiger partial charge in [-0.3, -0.25) is 9.59 Å². The number of rotatable bonds is 6. The summed E-state index contributed by atoms with van der Waals surface area (Å²) < 4.78 is 6.95. The minimum Gasteiger partial charge on any atom is -0.451 e. The Labute approximate surface area is 181 Å². The van der Waals surface area contributed by atoms with Crippen LogP contribution in [0.4, 0.5) is 5.69 Å². The van der Waals surface area contributed by atoms with Crippen LogP contribution in [0.5, 0.6) is 0 Å². The number of anilines is 1. The third-order valence-corrected chi connectivity index (χ3v) is 5.62. The second kappa shape index (κ2) is 8.41. The SMILES string of the molecule is Cc1nn(-c2ccccc2)c2sc(C(=O)OCC(=O)Nc3ccc(C(N)=O)cc3)cc12. The molecule has 8 nitrogen and oxygen atoms in total. The van der Waals surface area contributed by atoms with Crippen molar-refractivity contribution in [2.75, 3.05) is 11.9 Å². The van der Waals surface area contributed by atoms with E-state index in [4.69, 9.17) is 10.5 Å². The van der Waals surface area contributed by atoms with E-state index in [1.807, 2.05) is 37.3 Å². The summed E-state index contributed by atoms with van der Waals surface area (Å²) in [7, 11) is 0. The number of nitrogens with one attached hydrogen (secondary N) is 1. The number of hydrogen-bond donors (Lipinski definition) is 2. The molecule has 4 aromatic rings. The van der Waals surface area contributed by atoms with Crippen LogP contribution < -0.4 is 11.1 Å². The van der Waals surface area contributed by atoms with Crippen LogP contribution in [0.15, 0.2) is 60.7 Å². The van der Waals surface area contributed by atoms with Crippen LogP contribution in [-0.4, -0.2) is 34.2 Å². The predicted molar refractivity (Wildman–Crippen MR) is 118 cm³/mol. The molecule has 0 unspecified atom stereocenters. The summed E-state index contributed by atoms with van der Waals surface area (Å²) in [6, 6.07) is 17.4. The molecule has 0 fully saturated rings. The van der Waals surface area contributed by atoms with Crippen LogP contribution in [-0.2, 0) is 9.53 Å². The van der Waals surface area contributed by atoms with E-state index in [0.29, 0.717) is 16.1 Å². The molecule has 0 aliphatic rings. The van der Waals surface area contributed by atoms with Gasteiger partial charge in [-0.05, 0) is 49.4 Å². The largest absolute Gasteiger partial charge is 0.451 e. The van der Waals surface area contributed by atoms with Crippen molar-refractivity contribution >= 4 is 45.0 Å². The normalized spacial score (nSPS) is 10.7. The van der Waals surface area contributed by atoms with Gasteiger partial charge in [-0.15, -0.1) is 11.3 Å². The Kier molecular flexibility index (Phi) is 5.50. The summed E-state index contributed by atoms with van der Waals surface area (Å²) in [6.45, 7) is 1.44. The first-order valence-electron chi connectivity index (χ1n) is 9.34. The Morgan fingerprint density at radius 3 is 2.48 bits per heavy atom. The number of carbonyl (C=O) groups excluding carboxylic acids is 3. The number of nitrogens with two attached hydrogens (primary N) is 1. The topological polar surface area (TPSA) is 116 Å². The maximum absolute atomic E-state index is 12.5. The molecule has 0 saturated heterocycles. The van der Waals surface area contributed by atoms with Gasteiger partial charge in [-0.25, -0.2) is 9.48 Å². The van der Waals surface area contributed by atoms with Crippen LogP contribution in [0.25, 0.3) is 15.9 Å². The summed E-state index contributed by atoms with van der Waals surface area (Å²) in [6.07, 6.45) is 0. The molecule has 0 radical (unpaired) electrons. The van der Waals surface area contributed by atoms with Crippen LogP contribution in [0, 0.1) is 6.92 Å². The lowest BCUT2D eigenvalue weighted by Crippen LogP contribution is -2.20. The highest BCUT2D eigenvalue weighted by atomic mass is 32.1. The first-order valence-corrected chi connectivity index (χ1v) is 10.2. The van der Waals surface area contributed by atoms with Gasteiger partial charge < -0.3 is 15.8 Å². The third-order valence-electron chi connectivity index (χ3n) is 4.53. The first kappa shape index (κ1) is 20.3. The number of fused-ring (bicyclic) bond motifs is 1. The summed E-state index contributed by atoms with van der Waals surface area (Å²) in [4.78, 5) is 36.9. The molecule has 2 amide bonds. The van der Waals surface area contributed by atoms with Gasteiger partial charge in [-0.1, -0.05) is 18.2 Å². The number of primary amides is 1. The van der Waals surface area contributed by atoms with Gasteiger partial charge in [0.25, 0.3) is 5.91 Å². The third kappa shape index (κ3) is 4.31. The summed E-state index contributed by atoms with van der Waals surface area (Å²) in [5.41, 5.74) is 7.67. The van der Waals surface area contributed by atoms with E-state index in [-0.39, 0.29) is 0 Å². The minimum absolute atomic E-state index is 0.332. The average molecular weight is 434 g/mol. The maximum atomic E-state index is 12.5. The van der Waals surface area contributed by atoms with Gasteiger partial charge in [0.05, 0.1) is 11.4 Å². The molecule has 4 rings (SSSR count). The molecule has 2 aromatic carbocycles. The van der Waals surface area contributed by atoms with Crippen molar-refractivity contribution in [2.24, 2.45) is 5.73 Å². The lowest BCUT2D eigenvalue weighted by molar-refractivity contribution is -0.119. The van der Waals surface area contributed by atoms with Gasteiger partial charge in [0, 0.05) is 16.6 Å². The average Bonchev–Trinajstić information content (AvgIpc) is 3.34. The Bertz CT molecular complexity index is 1280. The van der Waals surface area contributed by atoms with Crippen molar-refractivity contribution in [3.05, 3.63) is 76.8 Å². The van der Waals surface area contributed by atoms with E-state index in [1.165, 1.54) is 23.5 Å². The van der Waals surface area contributed by atoms with Crippen molar-refractivity contribution in [1.29, 1.82) is 0 Å². The van der Waals surface area contributed by atoms with E-state index in [2.05, 4.69) is 10.4 Å². The molecule has 2 aromatic heterocycles. The number of hydrogen-bond acceptors (Lipinski definition) is 6. The number of benzene rings is 2. The fourth-order valence-electron chi connectivity index (χ4n) is 3.01. The van der Waals surface area contributed by atoms with Crippen LogP contribution in [0.2, 0.25) is 0 Å². The molecule has 0 saturated carbocycles. The highest BCUT2D eigenvalue weighted by Gasteiger charge is 2.19. The number of esters is 1. The zero-order valence-electron chi connectivity index (χ0n) is 16.5. The monoisotopic (exact) mass is 434 g/mol. The van der Waals surface area contributed by atoms with Crippen molar-refractivity contribution in [3.63, 3.8) is 0 Å². The van der Waals surface area contributed by atoms with Gasteiger partial charge in [-0.2, -0.15) is 5.10 Å². The van der Waals surface area contributed by atoms with Gasteiger partial charge in [0.2, 0.25) is 5.91 Å².